The first-order chi connectivity index (χ1) is 10.7. The van der Waals surface area contributed by atoms with Crippen molar-refractivity contribution in [3.8, 4) is 0 Å². The van der Waals surface area contributed by atoms with Gasteiger partial charge in [-0.25, -0.2) is 4.39 Å². The van der Waals surface area contributed by atoms with Crippen molar-refractivity contribution in [3.63, 3.8) is 0 Å². The van der Waals surface area contributed by atoms with E-state index in [1.165, 1.54) is 19.1 Å². The number of carbonyl (C=O) groups is 2. The van der Waals surface area contributed by atoms with Crippen molar-refractivity contribution in [2.24, 2.45) is 5.92 Å². The second kappa shape index (κ2) is 6.66. The van der Waals surface area contributed by atoms with Crippen LogP contribution in [0.1, 0.15) is 39.2 Å². The first-order valence-corrected chi connectivity index (χ1v) is 7.77. The van der Waals surface area contributed by atoms with Crippen LogP contribution in [0.25, 0.3) is 0 Å². The van der Waals surface area contributed by atoms with Gasteiger partial charge in [-0.15, -0.1) is 0 Å². The highest BCUT2D eigenvalue weighted by Crippen LogP contribution is 2.29. The van der Waals surface area contributed by atoms with Crippen LogP contribution < -0.4 is 10.6 Å². The molecule has 1 saturated carbocycles. The molecule has 0 radical (unpaired) electrons. The summed E-state index contributed by atoms with van der Waals surface area (Å²) in [4.78, 5) is 24.3. The molecule has 0 bridgehead atoms. The van der Waals surface area contributed by atoms with E-state index in [1.54, 1.807) is 26.0 Å². The van der Waals surface area contributed by atoms with Crippen LogP contribution in [0.5, 0.6) is 0 Å². The Balaban J connectivity index is 2.08. The van der Waals surface area contributed by atoms with Gasteiger partial charge in [-0.1, -0.05) is 12.1 Å². The van der Waals surface area contributed by atoms with Crippen LogP contribution in [0.15, 0.2) is 24.3 Å². The Kier molecular flexibility index (Phi) is 5.04. The number of carbonyl (C=O) groups excluding carboxylic acids is 2. The highest BCUT2D eigenvalue weighted by molar-refractivity contribution is 5.90. The molecule has 6 heteroatoms. The average molecular weight is 322 g/mol. The van der Waals surface area contributed by atoms with Gasteiger partial charge in [0.15, 0.2) is 0 Å². The van der Waals surface area contributed by atoms with Crippen molar-refractivity contribution >= 4 is 11.8 Å². The van der Waals surface area contributed by atoms with Gasteiger partial charge in [-0.2, -0.15) is 0 Å². The second-order valence-corrected chi connectivity index (χ2v) is 6.63. The van der Waals surface area contributed by atoms with Gasteiger partial charge in [0.25, 0.3) is 0 Å². The highest BCUT2D eigenvalue weighted by atomic mass is 19.1. The number of hydrogen-bond acceptors (Lipinski definition) is 3. The second-order valence-electron chi connectivity index (χ2n) is 6.63. The van der Waals surface area contributed by atoms with Crippen LogP contribution in [0, 0.1) is 11.7 Å². The van der Waals surface area contributed by atoms with Crippen molar-refractivity contribution in [2.45, 2.75) is 51.3 Å². The van der Waals surface area contributed by atoms with E-state index in [2.05, 4.69) is 10.6 Å². The van der Waals surface area contributed by atoms with Gasteiger partial charge >= 0.3 is 0 Å². The minimum Gasteiger partial charge on any atom is -0.391 e. The predicted octanol–water partition coefficient (Wildman–Crippen LogP) is 1.45. The summed E-state index contributed by atoms with van der Waals surface area (Å²) in [7, 11) is 0. The van der Waals surface area contributed by atoms with Crippen molar-refractivity contribution in [1.29, 1.82) is 0 Å². The lowest BCUT2D eigenvalue weighted by Crippen LogP contribution is -2.56. The molecule has 1 aromatic carbocycles. The third-order valence-corrected chi connectivity index (χ3v) is 3.99. The van der Waals surface area contributed by atoms with E-state index in [0.717, 1.165) is 12.8 Å². The molecule has 1 aliphatic rings. The summed E-state index contributed by atoms with van der Waals surface area (Å²) < 4.78 is 13.4. The fourth-order valence-corrected chi connectivity index (χ4v) is 2.36. The molecule has 5 nitrogen and oxygen atoms in total. The van der Waals surface area contributed by atoms with Gasteiger partial charge in [0.1, 0.15) is 11.9 Å². The van der Waals surface area contributed by atoms with Crippen molar-refractivity contribution < 1.29 is 19.1 Å². The zero-order valence-electron chi connectivity index (χ0n) is 13.6. The molecule has 2 amide bonds. The zero-order chi connectivity index (χ0) is 17.2. The summed E-state index contributed by atoms with van der Waals surface area (Å²) >= 11 is 0. The van der Waals surface area contributed by atoms with E-state index in [-0.39, 0.29) is 17.6 Å². The summed E-state index contributed by atoms with van der Waals surface area (Å²) in [6.07, 6.45) is 0.602. The fourth-order valence-electron chi connectivity index (χ4n) is 2.36. The standard InChI is InChI=1S/C17H23FN2O3/c1-10(21)14(19-15(22)11-7-8-11)16(23)20-17(2,3)12-5-4-6-13(18)9-12/h4-6,9-11,14,21H,7-8H2,1-3H3,(H,19,22)(H,20,23). The van der Waals surface area contributed by atoms with Gasteiger partial charge in [0.2, 0.25) is 11.8 Å². The summed E-state index contributed by atoms with van der Waals surface area (Å²) in [5, 5.41) is 15.2. The number of benzene rings is 1. The number of nitrogens with one attached hydrogen (secondary N) is 2. The normalized spacial score (nSPS) is 17.3. The van der Waals surface area contributed by atoms with E-state index in [4.69, 9.17) is 0 Å². The van der Waals surface area contributed by atoms with Gasteiger partial charge in [-0.3, -0.25) is 9.59 Å². The molecule has 2 rings (SSSR count). The SMILES string of the molecule is CC(O)C(NC(=O)C1CC1)C(=O)NC(C)(C)c1cccc(F)c1. The van der Waals surface area contributed by atoms with Crippen molar-refractivity contribution in [3.05, 3.63) is 35.6 Å². The third-order valence-electron chi connectivity index (χ3n) is 3.99. The highest BCUT2D eigenvalue weighted by Gasteiger charge is 2.35. The lowest BCUT2D eigenvalue weighted by molar-refractivity contribution is -0.133. The molecule has 23 heavy (non-hydrogen) atoms. The fraction of sp³-hybridized carbons (Fsp3) is 0.529. The Morgan fingerprint density at radius 2 is 2.00 bits per heavy atom. The Morgan fingerprint density at radius 1 is 1.35 bits per heavy atom. The van der Waals surface area contributed by atoms with E-state index < -0.39 is 23.6 Å². The first-order valence-electron chi connectivity index (χ1n) is 7.77. The monoisotopic (exact) mass is 322 g/mol. The number of amides is 2. The van der Waals surface area contributed by atoms with Gasteiger partial charge in [0.05, 0.1) is 11.6 Å². The quantitative estimate of drug-likeness (QED) is 0.742. The van der Waals surface area contributed by atoms with Crippen molar-refractivity contribution in [1.82, 2.24) is 10.6 Å². The minimum atomic E-state index is -1.03. The Labute approximate surface area is 135 Å². The van der Waals surface area contributed by atoms with Crippen LogP contribution in [-0.2, 0) is 15.1 Å². The van der Waals surface area contributed by atoms with Gasteiger partial charge < -0.3 is 15.7 Å². The molecule has 2 unspecified atom stereocenters. The maximum atomic E-state index is 13.4. The largest absolute Gasteiger partial charge is 0.391 e. The molecule has 126 valence electrons. The smallest absolute Gasteiger partial charge is 0.245 e. The summed E-state index contributed by atoms with van der Waals surface area (Å²) in [6.45, 7) is 4.93. The molecule has 2 atom stereocenters. The molecule has 0 saturated heterocycles. The summed E-state index contributed by atoms with van der Waals surface area (Å²) in [5.41, 5.74) is -0.236. The number of aliphatic hydroxyl groups excluding tert-OH is 1. The van der Waals surface area contributed by atoms with E-state index in [0.29, 0.717) is 5.56 Å². The first kappa shape index (κ1) is 17.4. The van der Waals surface area contributed by atoms with Crippen LogP contribution >= 0.6 is 0 Å². The topological polar surface area (TPSA) is 78.4 Å². The summed E-state index contributed by atoms with van der Waals surface area (Å²) in [5.74, 6) is -1.16. The molecule has 0 heterocycles. The maximum absolute atomic E-state index is 13.4. The predicted molar refractivity (Wildman–Crippen MR) is 83.9 cm³/mol. The van der Waals surface area contributed by atoms with E-state index in [9.17, 15) is 19.1 Å². The maximum Gasteiger partial charge on any atom is 0.245 e. The summed E-state index contributed by atoms with van der Waals surface area (Å²) in [6, 6.07) is 4.93. The lowest BCUT2D eigenvalue weighted by Gasteiger charge is -2.30. The molecule has 3 N–H and O–H groups in total. The average Bonchev–Trinajstić information content (AvgIpc) is 3.28. The molecular formula is C17H23FN2O3. The Morgan fingerprint density at radius 3 is 2.52 bits per heavy atom. The number of aliphatic hydroxyl groups is 1. The zero-order valence-corrected chi connectivity index (χ0v) is 13.6. The molecule has 1 aliphatic carbocycles. The lowest BCUT2D eigenvalue weighted by atomic mass is 9.93. The molecule has 1 aromatic rings. The Bertz CT molecular complexity index is 597. The third kappa shape index (κ3) is 4.51. The van der Waals surface area contributed by atoms with Crippen LogP contribution in [-0.4, -0.2) is 29.1 Å². The van der Waals surface area contributed by atoms with E-state index in [1.807, 2.05) is 0 Å². The molecular weight excluding hydrogens is 299 g/mol. The van der Waals surface area contributed by atoms with Gasteiger partial charge in [0, 0.05) is 5.92 Å². The number of halogens is 1. The van der Waals surface area contributed by atoms with Crippen LogP contribution in [0.4, 0.5) is 4.39 Å². The Hall–Kier alpha value is -1.95. The molecule has 0 aliphatic heterocycles. The molecule has 0 aromatic heterocycles. The van der Waals surface area contributed by atoms with Crippen LogP contribution in [0.2, 0.25) is 0 Å². The molecule has 0 spiro atoms. The number of hydrogen-bond donors (Lipinski definition) is 3. The number of rotatable bonds is 6. The van der Waals surface area contributed by atoms with Gasteiger partial charge in [-0.05, 0) is 51.3 Å². The van der Waals surface area contributed by atoms with Crippen molar-refractivity contribution in [2.75, 3.05) is 0 Å². The minimum absolute atomic E-state index is 0.0553. The molecule has 1 fully saturated rings. The van der Waals surface area contributed by atoms with Crippen LogP contribution in [0.3, 0.4) is 0 Å². The van der Waals surface area contributed by atoms with E-state index >= 15 is 0 Å².